The van der Waals surface area contributed by atoms with Crippen molar-refractivity contribution in [3.8, 4) is 0 Å². The average Bonchev–Trinajstić information content (AvgIpc) is 3.05. The number of hydrogen-bond acceptors (Lipinski definition) is 2. The Morgan fingerprint density at radius 1 is 1.17 bits per heavy atom. The first-order chi connectivity index (χ1) is 14.3. The monoisotopic (exact) mass is 411 g/mol. The van der Waals surface area contributed by atoms with E-state index in [-0.39, 0.29) is 6.10 Å². The van der Waals surface area contributed by atoms with Gasteiger partial charge in [0.05, 0.1) is 6.10 Å². The Morgan fingerprint density at radius 3 is 2.73 bits per heavy atom. The number of rotatable bonds is 5. The van der Waals surface area contributed by atoms with E-state index in [0.717, 1.165) is 43.1 Å². The smallest absolute Gasteiger partial charge is 0.0577 e. The minimum absolute atomic E-state index is 0.0939. The van der Waals surface area contributed by atoms with Crippen LogP contribution >= 0.6 is 0 Å². The van der Waals surface area contributed by atoms with Crippen LogP contribution in [-0.2, 0) is 0 Å². The first-order valence-electron chi connectivity index (χ1n) is 12.7. The molecule has 30 heavy (non-hydrogen) atoms. The van der Waals surface area contributed by atoms with Gasteiger partial charge < -0.3 is 10.4 Å². The highest BCUT2D eigenvalue weighted by atomic mass is 16.3. The predicted octanol–water partition coefficient (Wildman–Crippen LogP) is 6.63. The SMILES string of the molecule is CC(C)=CCN/C=C/[C@@H](C)[C@H]1CC[C@H]2[C@@H]3CC=C4CC(O)CC[C@]4(C)[C@H]3CC[C@]12C. The molecule has 0 radical (unpaired) electrons. The van der Waals surface area contributed by atoms with Crippen molar-refractivity contribution in [2.24, 2.45) is 40.4 Å². The third kappa shape index (κ3) is 3.83. The molecule has 3 saturated carbocycles. The van der Waals surface area contributed by atoms with Gasteiger partial charge in [0.15, 0.2) is 0 Å². The molecule has 0 bridgehead atoms. The summed E-state index contributed by atoms with van der Waals surface area (Å²) in [5.74, 6) is 4.06. The molecule has 0 aromatic rings. The fraction of sp³-hybridized carbons (Fsp3) is 0.786. The van der Waals surface area contributed by atoms with E-state index < -0.39 is 0 Å². The van der Waals surface area contributed by atoms with Crippen LogP contribution in [0.25, 0.3) is 0 Å². The molecule has 2 nitrogen and oxygen atoms in total. The largest absolute Gasteiger partial charge is 0.393 e. The van der Waals surface area contributed by atoms with Gasteiger partial charge in [-0.2, -0.15) is 0 Å². The number of aliphatic hydroxyl groups excluding tert-OH is 1. The Labute approximate surface area is 185 Å². The third-order valence-electron chi connectivity index (χ3n) is 9.93. The number of allylic oxidation sites excluding steroid dienone is 3. The Bertz CT molecular complexity index is 716. The minimum atomic E-state index is -0.0939. The Hall–Kier alpha value is -1.02. The van der Waals surface area contributed by atoms with Crippen molar-refractivity contribution in [3.63, 3.8) is 0 Å². The van der Waals surface area contributed by atoms with Gasteiger partial charge in [-0.25, -0.2) is 0 Å². The normalized spacial score (nSPS) is 43.9. The predicted molar refractivity (Wildman–Crippen MR) is 127 cm³/mol. The van der Waals surface area contributed by atoms with Crippen molar-refractivity contribution in [1.29, 1.82) is 0 Å². The lowest BCUT2D eigenvalue weighted by molar-refractivity contribution is -0.0540. The van der Waals surface area contributed by atoms with Crippen molar-refractivity contribution < 1.29 is 5.11 Å². The zero-order valence-corrected chi connectivity index (χ0v) is 20.1. The van der Waals surface area contributed by atoms with Gasteiger partial charge in [-0.3, -0.25) is 0 Å². The highest BCUT2D eigenvalue weighted by Gasteiger charge is 2.58. The van der Waals surface area contributed by atoms with Crippen molar-refractivity contribution in [2.75, 3.05) is 6.54 Å². The lowest BCUT2D eigenvalue weighted by Gasteiger charge is -2.58. The Morgan fingerprint density at radius 2 is 1.97 bits per heavy atom. The summed E-state index contributed by atoms with van der Waals surface area (Å²) in [5.41, 5.74) is 3.83. The molecular weight excluding hydrogens is 366 g/mol. The van der Waals surface area contributed by atoms with Crippen molar-refractivity contribution in [3.05, 3.63) is 35.6 Å². The summed E-state index contributed by atoms with van der Waals surface area (Å²) < 4.78 is 0. The lowest BCUT2D eigenvalue weighted by atomic mass is 9.47. The van der Waals surface area contributed by atoms with Gasteiger partial charge in [-0.1, -0.05) is 50.1 Å². The third-order valence-corrected chi connectivity index (χ3v) is 9.93. The molecule has 168 valence electrons. The molecule has 0 aromatic carbocycles. The van der Waals surface area contributed by atoms with E-state index in [1.165, 1.54) is 44.1 Å². The summed E-state index contributed by atoms with van der Waals surface area (Å²) in [5, 5.41) is 13.7. The lowest BCUT2D eigenvalue weighted by Crippen LogP contribution is -2.50. The summed E-state index contributed by atoms with van der Waals surface area (Å²) >= 11 is 0. The van der Waals surface area contributed by atoms with E-state index in [9.17, 15) is 5.11 Å². The van der Waals surface area contributed by atoms with E-state index in [2.05, 4.69) is 64.4 Å². The van der Waals surface area contributed by atoms with Gasteiger partial charge in [-0.15, -0.1) is 0 Å². The highest BCUT2D eigenvalue weighted by molar-refractivity contribution is 5.25. The molecule has 4 aliphatic rings. The van der Waals surface area contributed by atoms with Crippen molar-refractivity contribution >= 4 is 0 Å². The zero-order chi connectivity index (χ0) is 21.5. The van der Waals surface area contributed by atoms with Crippen LogP contribution < -0.4 is 5.32 Å². The topological polar surface area (TPSA) is 32.3 Å². The molecule has 2 N–H and O–H groups in total. The molecule has 0 amide bonds. The molecule has 0 aliphatic heterocycles. The van der Waals surface area contributed by atoms with Crippen LogP contribution in [-0.4, -0.2) is 17.8 Å². The second-order valence-electron chi connectivity index (χ2n) is 11.8. The van der Waals surface area contributed by atoms with Crippen LogP contribution in [0.1, 0.15) is 86.0 Å². The summed E-state index contributed by atoms with van der Waals surface area (Å²) in [7, 11) is 0. The van der Waals surface area contributed by atoms with Crippen LogP contribution in [0.3, 0.4) is 0 Å². The van der Waals surface area contributed by atoms with E-state index in [4.69, 9.17) is 0 Å². The van der Waals surface area contributed by atoms with Gasteiger partial charge >= 0.3 is 0 Å². The summed E-state index contributed by atoms with van der Waals surface area (Å²) in [6.45, 7) is 12.9. The maximum absolute atomic E-state index is 10.2. The van der Waals surface area contributed by atoms with Gasteiger partial charge in [0.25, 0.3) is 0 Å². The van der Waals surface area contributed by atoms with E-state index in [0.29, 0.717) is 16.7 Å². The molecule has 1 unspecified atom stereocenters. The molecule has 0 spiro atoms. The molecule has 0 heterocycles. The minimum Gasteiger partial charge on any atom is -0.393 e. The Balaban J connectivity index is 1.46. The first kappa shape index (κ1) is 22.2. The van der Waals surface area contributed by atoms with Gasteiger partial charge in [0, 0.05) is 6.54 Å². The highest BCUT2D eigenvalue weighted by Crippen LogP contribution is 2.67. The maximum atomic E-state index is 10.2. The zero-order valence-electron chi connectivity index (χ0n) is 20.1. The molecule has 0 saturated heterocycles. The molecule has 3 fully saturated rings. The summed E-state index contributed by atoms with van der Waals surface area (Å²) in [6.07, 6.45) is 19.4. The number of nitrogens with one attached hydrogen (secondary N) is 1. The number of hydrogen-bond donors (Lipinski definition) is 2. The van der Waals surface area contributed by atoms with Crippen LogP contribution in [0.5, 0.6) is 0 Å². The summed E-state index contributed by atoms with van der Waals surface area (Å²) in [4.78, 5) is 0. The molecule has 0 aromatic heterocycles. The van der Waals surface area contributed by atoms with Gasteiger partial charge in [0.2, 0.25) is 0 Å². The quantitative estimate of drug-likeness (QED) is 0.393. The van der Waals surface area contributed by atoms with Crippen molar-refractivity contribution in [1.82, 2.24) is 5.32 Å². The van der Waals surface area contributed by atoms with Gasteiger partial charge in [0.1, 0.15) is 0 Å². The molecule has 8 atom stereocenters. The first-order valence-corrected chi connectivity index (χ1v) is 12.7. The Kier molecular flexibility index (Phi) is 6.28. The van der Waals surface area contributed by atoms with Crippen LogP contribution in [0.4, 0.5) is 0 Å². The van der Waals surface area contributed by atoms with E-state index in [1.807, 2.05) is 0 Å². The number of aliphatic hydroxyl groups is 1. The molecular formula is C28H45NO. The molecule has 2 heteroatoms. The van der Waals surface area contributed by atoms with E-state index >= 15 is 0 Å². The second-order valence-corrected chi connectivity index (χ2v) is 11.8. The standard InChI is InChI=1S/C28H45NO/c1-19(2)12-16-29-17-13-20(3)24-8-9-25-23-7-6-21-18-22(30)10-14-27(21,4)26(23)11-15-28(24,25)5/h6,12-13,17,20,22-26,29-30H,7-11,14-16,18H2,1-5H3/b17-13+/t20-,22?,23+,24-,25+,26+,27+,28-/m1/s1. The fourth-order valence-corrected chi connectivity index (χ4v) is 8.23. The average molecular weight is 412 g/mol. The molecule has 4 rings (SSSR count). The van der Waals surface area contributed by atoms with Crippen LogP contribution in [0.2, 0.25) is 0 Å². The molecule has 4 aliphatic carbocycles. The van der Waals surface area contributed by atoms with Gasteiger partial charge in [-0.05, 0) is 112 Å². The fourth-order valence-electron chi connectivity index (χ4n) is 8.23. The maximum Gasteiger partial charge on any atom is 0.0577 e. The number of fused-ring (bicyclic) bond motifs is 5. The van der Waals surface area contributed by atoms with E-state index in [1.54, 1.807) is 5.57 Å². The van der Waals surface area contributed by atoms with Crippen molar-refractivity contribution in [2.45, 2.75) is 92.1 Å². The van der Waals surface area contributed by atoms with Crippen LogP contribution in [0, 0.1) is 40.4 Å². The summed E-state index contributed by atoms with van der Waals surface area (Å²) in [6, 6.07) is 0. The van der Waals surface area contributed by atoms with Crippen LogP contribution in [0.15, 0.2) is 35.6 Å². The second kappa shape index (κ2) is 8.49.